The average molecular weight is 345 g/mol. The number of rotatable bonds is 6. The second kappa shape index (κ2) is 7.62. The molecule has 1 N–H and O–H groups in total. The highest BCUT2D eigenvalue weighted by Gasteiger charge is 2.17. The zero-order valence-corrected chi connectivity index (χ0v) is 15.1. The normalized spacial score (nSPS) is 12.6. The topological polar surface area (TPSA) is 63.2 Å². The number of aryl methyl sites for hydroxylation is 2. The predicted molar refractivity (Wildman–Crippen MR) is 95.6 cm³/mol. The van der Waals surface area contributed by atoms with Gasteiger partial charge in [0.15, 0.2) is 9.84 Å². The summed E-state index contributed by atoms with van der Waals surface area (Å²) >= 11 is 0. The van der Waals surface area contributed by atoms with E-state index in [0.29, 0.717) is 0 Å². The number of carbonyl (C=O) groups is 1. The minimum absolute atomic E-state index is 0.0492. The van der Waals surface area contributed by atoms with Crippen molar-refractivity contribution in [2.45, 2.75) is 38.1 Å². The first kappa shape index (κ1) is 18.2. The zero-order valence-electron chi connectivity index (χ0n) is 14.2. The molecule has 5 heteroatoms. The molecule has 0 aliphatic rings. The maximum absolute atomic E-state index is 12.3. The van der Waals surface area contributed by atoms with Crippen LogP contribution in [0.25, 0.3) is 0 Å². The number of hydrogen-bond donors (Lipinski definition) is 1. The Kier molecular flexibility index (Phi) is 5.78. The molecule has 1 atom stereocenters. The van der Waals surface area contributed by atoms with Crippen LogP contribution in [0.15, 0.2) is 53.4 Å². The summed E-state index contributed by atoms with van der Waals surface area (Å²) < 4.78 is 24.5. The molecular formula is C19H23NO3S. The lowest BCUT2D eigenvalue weighted by Gasteiger charge is -2.14. The van der Waals surface area contributed by atoms with E-state index < -0.39 is 9.84 Å². The maximum Gasteiger partial charge on any atom is 0.221 e. The number of carbonyl (C=O) groups excluding carboxylic acids is 1. The lowest BCUT2D eigenvalue weighted by atomic mass is 10.1. The first-order valence-corrected chi connectivity index (χ1v) is 9.58. The van der Waals surface area contributed by atoms with E-state index in [0.717, 1.165) is 16.7 Å². The summed E-state index contributed by atoms with van der Waals surface area (Å²) in [6.45, 7) is 5.79. The van der Waals surface area contributed by atoms with Crippen LogP contribution in [0.1, 0.15) is 36.1 Å². The molecule has 0 saturated heterocycles. The standard InChI is InChI=1S/C19H23NO3S/c1-14-4-8-17(9-5-14)16(3)20-19(21)12-13-24(22,23)18-10-6-15(2)7-11-18/h4-11,16H,12-13H2,1-3H3,(H,20,21). The van der Waals surface area contributed by atoms with E-state index in [1.807, 2.05) is 45.0 Å². The maximum atomic E-state index is 12.3. The molecule has 0 spiro atoms. The molecule has 1 unspecified atom stereocenters. The molecule has 4 nitrogen and oxygen atoms in total. The van der Waals surface area contributed by atoms with Gasteiger partial charge in [0.25, 0.3) is 0 Å². The molecule has 0 fully saturated rings. The lowest BCUT2D eigenvalue weighted by molar-refractivity contribution is -0.121. The largest absolute Gasteiger partial charge is 0.350 e. The molecule has 0 aliphatic carbocycles. The van der Waals surface area contributed by atoms with E-state index in [1.54, 1.807) is 24.3 Å². The second-order valence-corrected chi connectivity index (χ2v) is 8.19. The highest BCUT2D eigenvalue weighted by Crippen LogP contribution is 2.15. The quantitative estimate of drug-likeness (QED) is 0.873. The van der Waals surface area contributed by atoms with Gasteiger partial charge in [0.2, 0.25) is 5.91 Å². The van der Waals surface area contributed by atoms with Crippen LogP contribution < -0.4 is 5.32 Å². The second-order valence-electron chi connectivity index (χ2n) is 6.08. The van der Waals surface area contributed by atoms with E-state index >= 15 is 0 Å². The van der Waals surface area contributed by atoms with Gasteiger partial charge in [-0.1, -0.05) is 47.5 Å². The molecule has 0 aromatic heterocycles. The Morgan fingerprint density at radius 1 is 0.958 bits per heavy atom. The van der Waals surface area contributed by atoms with Crippen molar-refractivity contribution in [3.8, 4) is 0 Å². The zero-order chi connectivity index (χ0) is 17.7. The summed E-state index contributed by atoms with van der Waals surface area (Å²) in [6.07, 6.45) is -0.0492. The molecule has 24 heavy (non-hydrogen) atoms. The number of nitrogens with one attached hydrogen (secondary N) is 1. The van der Waals surface area contributed by atoms with Crippen LogP contribution in [0.3, 0.4) is 0 Å². The van der Waals surface area contributed by atoms with Crippen LogP contribution >= 0.6 is 0 Å². The van der Waals surface area contributed by atoms with Crippen LogP contribution in [-0.4, -0.2) is 20.1 Å². The average Bonchev–Trinajstić information content (AvgIpc) is 2.54. The summed E-state index contributed by atoms with van der Waals surface area (Å²) in [6, 6.07) is 14.4. The van der Waals surface area contributed by atoms with Gasteiger partial charge in [0.1, 0.15) is 0 Å². The van der Waals surface area contributed by atoms with Gasteiger partial charge < -0.3 is 5.32 Å². The molecule has 0 radical (unpaired) electrons. The molecule has 0 aliphatic heterocycles. The Bertz CT molecular complexity index is 794. The predicted octanol–water partition coefficient (Wildman–Crippen LogP) is 3.34. The third-order valence-electron chi connectivity index (χ3n) is 3.93. The van der Waals surface area contributed by atoms with Crippen LogP contribution in [0.4, 0.5) is 0 Å². The number of sulfone groups is 1. The van der Waals surface area contributed by atoms with Gasteiger partial charge in [-0.15, -0.1) is 0 Å². The van der Waals surface area contributed by atoms with E-state index in [9.17, 15) is 13.2 Å². The van der Waals surface area contributed by atoms with Crippen molar-refractivity contribution in [3.63, 3.8) is 0 Å². The summed E-state index contributed by atoms with van der Waals surface area (Å²) in [4.78, 5) is 12.3. The van der Waals surface area contributed by atoms with Gasteiger partial charge in [-0.3, -0.25) is 4.79 Å². The van der Waals surface area contributed by atoms with Gasteiger partial charge in [0, 0.05) is 6.42 Å². The monoisotopic (exact) mass is 345 g/mol. The fourth-order valence-electron chi connectivity index (χ4n) is 2.34. The fourth-order valence-corrected chi connectivity index (χ4v) is 3.58. The van der Waals surface area contributed by atoms with Crippen LogP contribution in [-0.2, 0) is 14.6 Å². The van der Waals surface area contributed by atoms with Crippen molar-refractivity contribution >= 4 is 15.7 Å². The summed E-state index contributed by atoms with van der Waals surface area (Å²) in [7, 11) is -3.44. The first-order chi connectivity index (χ1) is 11.3. The van der Waals surface area contributed by atoms with Crippen molar-refractivity contribution < 1.29 is 13.2 Å². The number of amides is 1. The van der Waals surface area contributed by atoms with Crippen LogP contribution in [0.5, 0.6) is 0 Å². The Morgan fingerprint density at radius 3 is 2.00 bits per heavy atom. The van der Waals surface area contributed by atoms with Crippen molar-refractivity contribution in [1.82, 2.24) is 5.32 Å². The summed E-state index contributed by atoms with van der Waals surface area (Å²) in [5, 5.41) is 2.85. The first-order valence-electron chi connectivity index (χ1n) is 7.93. The van der Waals surface area contributed by atoms with Crippen molar-refractivity contribution in [3.05, 3.63) is 65.2 Å². The van der Waals surface area contributed by atoms with Crippen molar-refractivity contribution in [2.24, 2.45) is 0 Å². The molecule has 2 rings (SSSR count). The van der Waals surface area contributed by atoms with Gasteiger partial charge in [0.05, 0.1) is 16.7 Å². The van der Waals surface area contributed by atoms with E-state index in [-0.39, 0.29) is 29.0 Å². The Hall–Kier alpha value is -2.14. The van der Waals surface area contributed by atoms with Crippen molar-refractivity contribution in [1.29, 1.82) is 0 Å². The van der Waals surface area contributed by atoms with Gasteiger partial charge >= 0.3 is 0 Å². The van der Waals surface area contributed by atoms with Gasteiger partial charge in [-0.2, -0.15) is 0 Å². The molecule has 128 valence electrons. The third-order valence-corrected chi connectivity index (χ3v) is 5.66. The smallest absolute Gasteiger partial charge is 0.221 e. The lowest BCUT2D eigenvalue weighted by Crippen LogP contribution is -2.28. The van der Waals surface area contributed by atoms with E-state index in [1.165, 1.54) is 0 Å². The Morgan fingerprint density at radius 2 is 1.46 bits per heavy atom. The third kappa shape index (κ3) is 4.93. The summed E-state index contributed by atoms with van der Waals surface area (Å²) in [5.74, 6) is -0.457. The Balaban J connectivity index is 1.92. The van der Waals surface area contributed by atoms with Gasteiger partial charge in [-0.25, -0.2) is 8.42 Å². The van der Waals surface area contributed by atoms with Crippen molar-refractivity contribution in [2.75, 3.05) is 5.75 Å². The molecule has 1 amide bonds. The number of hydrogen-bond acceptors (Lipinski definition) is 3. The number of benzene rings is 2. The van der Waals surface area contributed by atoms with Gasteiger partial charge in [-0.05, 0) is 38.5 Å². The van der Waals surface area contributed by atoms with E-state index in [2.05, 4.69) is 5.32 Å². The molecule has 0 bridgehead atoms. The highest BCUT2D eigenvalue weighted by atomic mass is 32.2. The SMILES string of the molecule is Cc1ccc(C(C)NC(=O)CCS(=O)(=O)c2ccc(C)cc2)cc1. The van der Waals surface area contributed by atoms with Crippen LogP contribution in [0, 0.1) is 13.8 Å². The van der Waals surface area contributed by atoms with Crippen LogP contribution in [0.2, 0.25) is 0 Å². The molecular weight excluding hydrogens is 322 g/mol. The van der Waals surface area contributed by atoms with E-state index in [4.69, 9.17) is 0 Å². The minimum atomic E-state index is -3.44. The minimum Gasteiger partial charge on any atom is -0.350 e. The highest BCUT2D eigenvalue weighted by molar-refractivity contribution is 7.91. The molecule has 2 aromatic carbocycles. The fraction of sp³-hybridized carbons (Fsp3) is 0.316. The molecule has 0 saturated carbocycles. The molecule has 2 aromatic rings. The summed E-state index contributed by atoms with van der Waals surface area (Å²) in [5.41, 5.74) is 3.15. The molecule has 0 heterocycles. The Labute approximate surface area is 143 Å².